The summed E-state index contributed by atoms with van der Waals surface area (Å²) in [5, 5.41) is 9.88. The van der Waals surface area contributed by atoms with Gasteiger partial charge in [-0.2, -0.15) is 28.4 Å². The highest BCUT2D eigenvalue weighted by Gasteiger charge is 2.49. The maximum absolute atomic E-state index is 13.6. The van der Waals surface area contributed by atoms with Gasteiger partial charge in [-0.05, 0) is 18.6 Å². The third-order valence-electron chi connectivity index (χ3n) is 5.93. The number of methoxy groups -OCH3 is 1. The van der Waals surface area contributed by atoms with Gasteiger partial charge < -0.3 is 14.5 Å². The molecule has 4 rings (SSSR count). The summed E-state index contributed by atoms with van der Waals surface area (Å²) < 4.78 is 46.1. The van der Waals surface area contributed by atoms with Crippen LogP contribution in [0, 0.1) is 16.7 Å². The summed E-state index contributed by atoms with van der Waals surface area (Å²) in [7, 11) is 1.32. The molecule has 2 fully saturated rings. The minimum Gasteiger partial charge on any atom is -0.467 e. The molecule has 2 aromatic rings. The minimum atomic E-state index is -4.62. The van der Waals surface area contributed by atoms with E-state index in [0.29, 0.717) is 26.2 Å². The van der Waals surface area contributed by atoms with E-state index in [4.69, 9.17) is 4.74 Å². The highest BCUT2D eigenvalue weighted by atomic mass is 19.4. The van der Waals surface area contributed by atoms with Crippen molar-refractivity contribution in [3.05, 3.63) is 48.0 Å². The summed E-state index contributed by atoms with van der Waals surface area (Å²) in [6, 6.07) is 6.87. The van der Waals surface area contributed by atoms with E-state index < -0.39 is 11.7 Å². The fourth-order valence-corrected chi connectivity index (χ4v) is 4.41. The number of carbonyl (C=O) groups excluding carboxylic acids is 1. The third-order valence-corrected chi connectivity index (χ3v) is 5.93. The van der Waals surface area contributed by atoms with Gasteiger partial charge >= 0.3 is 12.2 Å². The van der Waals surface area contributed by atoms with Crippen molar-refractivity contribution in [2.45, 2.75) is 12.6 Å². The Morgan fingerprint density at radius 2 is 2.00 bits per heavy atom. The molecule has 2 saturated heterocycles. The zero-order valence-corrected chi connectivity index (χ0v) is 17.3. The maximum Gasteiger partial charge on any atom is 0.417 e. The summed E-state index contributed by atoms with van der Waals surface area (Å²) in [6.45, 7) is 5.68. The number of hydrogen-bond donors (Lipinski definition) is 0. The molecule has 0 radical (unpaired) electrons. The van der Waals surface area contributed by atoms with Gasteiger partial charge in [0.05, 0.1) is 18.4 Å². The molecule has 2 aliphatic rings. The highest BCUT2D eigenvalue weighted by Crippen LogP contribution is 2.44. The Balaban J connectivity index is 1.74. The fourth-order valence-electron chi connectivity index (χ4n) is 4.41. The lowest BCUT2D eigenvalue weighted by Crippen LogP contribution is -2.59. The number of likely N-dealkylation sites (tertiary alicyclic amines) is 1. The second-order valence-electron chi connectivity index (χ2n) is 7.98. The van der Waals surface area contributed by atoms with E-state index >= 15 is 0 Å². The Morgan fingerprint density at radius 1 is 1.28 bits per heavy atom. The van der Waals surface area contributed by atoms with Crippen LogP contribution in [-0.4, -0.2) is 54.1 Å². The smallest absolute Gasteiger partial charge is 0.417 e. The molecule has 10 heteroatoms. The number of rotatable bonds is 4. The normalized spacial score (nSPS) is 17.1. The van der Waals surface area contributed by atoms with Crippen molar-refractivity contribution in [3.63, 3.8) is 0 Å². The number of ether oxygens (including phenoxy) is 1. The van der Waals surface area contributed by atoms with Crippen LogP contribution in [0.4, 0.5) is 19.0 Å². The summed E-state index contributed by atoms with van der Waals surface area (Å²) in [5.41, 5.74) is -1.41. The number of nitrogens with zero attached hydrogens (tertiary/aromatic N) is 5. The number of benzene rings is 1. The first-order valence-corrected chi connectivity index (χ1v) is 9.90. The third kappa shape index (κ3) is 3.64. The number of amides is 1. The molecule has 3 heterocycles. The van der Waals surface area contributed by atoms with E-state index in [-0.39, 0.29) is 40.0 Å². The second-order valence-corrected chi connectivity index (χ2v) is 7.98. The van der Waals surface area contributed by atoms with Crippen molar-refractivity contribution in [2.24, 2.45) is 5.41 Å². The first kappa shape index (κ1) is 21.6. The Kier molecular flexibility index (Phi) is 5.28. The first-order valence-electron chi connectivity index (χ1n) is 9.90. The van der Waals surface area contributed by atoms with Gasteiger partial charge in [-0.25, -0.2) is 0 Å². The molecule has 0 aliphatic carbocycles. The predicted octanol–water partition coefficient (Wildman–Crippen LogP) is 3.27. The standard InChI is InChI=1S/C22H20F3N5O2/c1-3-17(31)30-12-21(13-30)8-9-29(11-21)19-15(10-26)18(27-20(28-19)32-2)14-6-4-5-7-16(14)22(23,24)25/h3-7H,1,8-9,11-13H2,2H3. The molecule has 32 heavy (non-hydrogen) atoms. The number of carbonyl (C=O) groups is 1. The fraction of sp³-hybridized carbons (Fsp3) is 0.364. The summed E-state index contributed by atoms with van der Waals surface area (Å²) >= 11 is 0. The Bertz CT molecular complexity index is 1120. The number of alkyl halides is 3. The van der Waals surface area contributed by atoms with Gasteiger partial charge in [-0.3, -0.25) is 4.79 Å². The number of hydrogen-bond acceptors (Lipinski definition) is 6. The number of halogens is 3. The molecule has 0 atom stereocenters. The molecule has 0 N–H and O–H groups in total. The van der Waals surface area contributed by atoms with E-state index in [1.807, 2.05) is 11.0 Å². The molecule has 0 saturated carbocycles. The van der Waals surface area contributed by atoms with Gasteiger partial charge in [0.15, 0.2) is 5.82 Å². The number of nitriles is 1. The summed E-state index contributed by atoms with van der Waals surface area (Å²) in [5.74, 6) is 0.0956. The largest absolute Gasteiger partial charge is 0.467 e. The van der Waals surface area contributed by atoms with Crippen LogP contribution in [0.5, 0.6) is 6.01 Å². The van der Waals surface area contributed by atoms with E-state index in [0.717, 1.165) is 12.5 Å². The van der Waals surface area contributed by atoms with Crippen LogP contribution in [0.1, 0.15) is 17.5 Å². The first-order chi connectivity index (χ1) is 15.2. The van der Waals surface area contributed by atoms with E-state index in [1.54, 1.807) is 4.90 Å². The van der Waals surface area contributed by atoms with Crippen LogP contribution in [0.3, 0.4) is 0 Å². The van der Waals surface area contributed by atoms with Crippen LogP contribution in [0.2, 0.25) is 0 Å². The maximum atomic E-state index is 13.6. The SMILES string of the molecule is C=CC(=O)N1CC2(CCN(c3nc(OC)nc(-c4ccccc4C(F)(F)F)c3C#N)C2)C1. The van der Waals surface area contributed by atoms with E-state index in [2.05, 4.69) is 16.5 Å². The molecule has 2 aliphatic heterocycles. The number of anilines is 1. The number of aromatic nitrogens is 2. The van der Waals surface area contributed by atoms with Gasteiger partial charge in [0.1, 0.15) is 11.6 Å². The Labute approximate surface area is 182 Å². The second kappa shape index (κ2) is 7.82. The van der Waals surface area contributed by atoms with Crippen molar-refractivity contribution < 1.29 is 22.7 Å². The Hall–Kier alpha value is -3.61. The van der Waals surface area contributed by atoms with Crippen molar-refractivity contribution in [1.29, 1.82) is 5.26 Å². The summed E-state index contributed by atoms with van der Waals surface area (Å²) in [6.07, 6.45) is -2.58. The monoisotopic (exact) mass is 443 g/mol. The molecule has 7 nitrogen and oxygen atoms in total. The van der Waals surface area contributed by atoms with Crippen LogP contribution in [-0.2, 0) is 11.0 Å². The van der Waals surface area contributed by atoms with Crippen LogP contribution < -0.4 is 9.64 Å². The van der Waals surface area contributed by atoms with Crippen molar-refractivity contribution in [2.75, 3.05) is 38.2 Å². The quantitative estimate of drug-likeness (QED) is 0.675. The minimum absolute atomic E-state index is 0.0436. The molecule has 0 bridgehead atoms. The van der Waals surface area contributed by atoms with Crippen molar-refractivity contribution >= 4 is 11.7 Å². The van der Waals surface area contributed by atoms with Gasteiger partial charge in [0.25, 0.3) is 0 Å². The van der Waals surface area contributed by atoms with Crippen molar-refractivity contribution in [3.8, 4) is 23.3 Å². The Morgan fingerprint density at radius 3 is 2.62 bits per heavy atom. The average molecular weight is 443 g/mol. The average Bonchev–Trinajstić information content (AvgIpc) is 3.21. The molecule has 1 aromatic heterocycles. The molecule has 0 unspecified atom stereocenters. The zero-order chi connectivity index (χ0) is 23.1. The van der Waals surface area contributed by atoms with Crippen LogP contribution in [0.25, 0.3) is 11.3 Å². The molecule has 1 amide bonds. The predicted molar refractivity (Wildman–Crippen MR) is 110 cm³/mol. The topological polar surface area (TPSA) is 82.3 Å². The highest BCUT2D eigenvalue weighted by molar-refractivity contribution is 5.87. The molecule has 1 aromatic carbocycles. The van der Waals surface area contributed by atoms with E-state index in [9.17, 15) is 23.2 Å². The lowest BCUT2D eigenvalue weighted by molar-refractivity contribution is -0.137. The van der Waals surface area contributed by atoms with Crippen LogP contribution in [0.15, 0.2) is 36.9 Å². The summed E-state index contributed by atoms with van der Waals surface area (Å²) in [4.78, 5) is 23.8. The molecular formula is C22H20F3N5O2. The van der Waals surface area contributed by atoms with Gasteiger partial charge in [-0.15, -0.1) is 0 Å². The van der Waals surface area contributed by atoms with Crippen molar-refractivity contribution in [1.82, 2.24) is 14.9 Å². The van der Waals surface area contributed by atoms with E-state index in [1.165, 1.54) is 31.4 Å². The lowest BCUT2D eigenvalue weighted by atomic mass is 9.79. The molecule has 1 spiro atoms. The van der Waals surface area contributed by atoms with Gasteiger partial charge in [0, 0.05) is 37.2 Å². The van der Waals surface area contributed by atoms with Crippen LogP contribution >= 0.6 is 0 Å². The van der Waals surface area contributed by atoms with Gasteiger partial charge in [-0.1, -0.05) is 24.8 Å². The van der Waals surface area contributed by atoms with Gasteiger partial charge in [0.2, 0.25) is 5.91 Å². The molecule has 166 valence electrons. The lowest BCUT2D eigenvalue weighted by Gasteiger charge is -2.47. The molecular weight excluding hydrogens is 423 g/mol. The zero-order valence-electron chi connectivity index (χ0n) is 17.3.